The zero-order valence-corrected chi connectivity index (χ0v) is 15.3. The standard InChI is InChI=1S/C16H23FN2O3S.ClH/c1-12(16(20)19-10-13-3-2-8-18-9-13)11-23(21,22)15-6-4-14(17)5-7-15;/h4-7,12-13,18H,2-3,8-11H2,1H3,(H,19,20);1H. The first kappa shape index (κ1) is 20.9. The minimum Gasteiger partial charge on any atom is -0.356 e. The molecule has 2 atom stereocenters. The van der Waals surface area contributed by atoms with Gasteiger partial charge in [0.05, 0.1) is 10.6 Å². The summed E-state index contributed by atoms with van der Waals surface area (Å²) in [6, 6.07) is 4.66. The molecule has 2 unspecified atom stereocenters. The van der Waals surface area contributed by atoms with Crippen LogP contribution >= 0.6 is 12.4 Å². The molecule has 0 bridgehead atoms. The summed E-state index contributed by atoms with van der Waals surface area (Å²) in [6.07, 6.45) is 2.16. The molecule has 1 aliphatic rings. The molecule has 0 saturated carbocycles. The number of amides is 1. The molecule has 0 aromatic heterocycles. The van der Waals surface area contributed by atoms with Crippen LogP contribution in [0.3, 0.4) is 0 Å². The van der Waals surface area contributed by atoms with Gasteiger partial charge in [0, 0.05) is 12.5 Å². The Morgan fingerprint density at radius 3 is 2.62 bits per heavy atom. The summed E-state index contributed by atoms with van der Waals surface area (Å²) in [5.41, 5.74) is 0. The van der Waals surface area contributed by atoms with E-state index < -0.39 is 21.6 Å². The van der Waals surface area contributed by atoms with E-state index in [2.05, 4.69) is 10.6 Å². The van der Waals surface area contributed by atoms with Crippen LogP contribution in [0.1, 0.15) is 19.8 Å². The van der Waals surface area contributed by atoms with Crippen molar-refractivity contribution in [3.05, 3.63) is 30.1 Å². The molecular weight excluding hydrogens is 355 g/mol. The lowest BCUT2D eigenvalue weighted by molar-refractivity contribution is -0.124. The van der Waals surface area contributed by atoms with E-state index in [1.807, 2.05) is 0 Å². The predicted molar refractivity (Wildman–Crippen MR) is 93.5 cm³/mol. The number of benzene rings is 1. The van der Waals surface area contributed by atoms with E-state index in [0.717, 1.165) is 38.1 Å². The van der Waals surface area contributed by atoms with Crippen LogP contribution in [0.5, 0.6) is 0 Å². The molecule has 5 nitrogen and oxygen atoms in total. The Hall–Kier alpha value is -1.18. The molecule has 1 saturated heterocycles. The van der Waals surface area contributed by atoms with Crippen molar-refractivity contribution in [2.24, 2.45) is 11.8 Å². The predicted octanol–water partition coefficient (Wildman–Crippen LogP) is 1.77. The fourth-order valence-electron chi connectivity index (χ4n) is 2.66. The Balaban J connectivity index is 0.00000288. The van der Waals surface area contributed by atoms with E-state index in [1.54, 1.807) is 6.92 Å². The summed E-state index contributed by atoms with van der Waals surface area (Å²) in [4.78, 5) is 12.1. The SMILES string of the molecule is CC(CS(=O)(=O)c1ccc(F)cc1)C(=O)NCC1CCCNC1.Cl. The molecule has 136 valence electrons. The topological polar surface area (TPSA) is 75.3 Å². The van der Waals surface area contributed by atoms with Gasteiger partial charge in [-0.1, -0.05) is 6.92 Å². The third kappa shape index (κ3) is 6.03. The molecule has 2 N–H and O–H groups in total. The highest BCUT2D eigenvalue weighted by Crippen LogP contribution is 2.15. The number of hydrogen-bond donors (Lipinski definition) is 2. The van der Waals surface area contributed by atoms with E-state index in [-0.39, 0.29) is 29.0 Å². The molecule has 1 aromatic carbocycles. The maximum atomic E-state index is 12.9. The van der Waals surface area contributed by atoms with Crippen LogP contribution in [0.15, 0.2) is 29.2 Å². The van der Waals surface area contributed by atoms with Gasteiger partial charge in [-0.2, -0.15) is 0 Å². The van der Waals surface area contributed by atoms with E-state index in [0.29, 0.717) is 12.5 Å². The lowest BCUT2D eigenvalue weighted by Crippen LogP contribution is -2.40. The largest absolute Gasteiger partial charge is 0.356 e. The summed E-state index contributed by atoms with van der Waals surface area (Å²) in [7, 11) is -3.60. The first-order chi connectivity index (χ1) is 10.9. The first-order valence-corrected chi connectivity index (χ1v) is 9.50. The molecule has 0 spiro atoms. The average Bonchev–Trinajstić information content (AvgIpc) is 2.53. The van der Waals surface area contributed by atoms with Crippen molar-refractivity contribution >= 4 is 28.2 Å². The number of carbonyl (C=O) groups is 1. The Morgan fingerprint density at radius 1 is 1.38 bits per heavy atom. The van der Waals surface area contributed by atoms with Crippen LogP contribution in [0.4, 0.5) is 4.39 Å². The second kappa shape index (κ2) is 9.34. The van der Waals surface area contributed by atoms with E-state index in [4.69, 9.17) is 0 Å². The van der Waals surface area contributed by atoms with Crippen molar-refractivity contribution in [3.63, 3.8) is 0 Å². The van der Waals surface area contributed by atoms with Crippen molar-refractivity contribution in [1.82, 2.24) is 10.6 Å². The Morgan fingerprint density at radius 2 is 2.04 bits per heavy atom. The zero-order valence-electron chi connectivity index (χ0n) is 13.6. The molecule has 1 aliphatic heterocycles. The summed E-state index contributed by atoms with van der Waals surface area (Å²) < 4.78 is 37.4. The lowest BCUT2D eigenvalue weighted by Gasteiger charge is -2.23. The van der Waals surface area contributed by atoms with Gasteiger partial charge in [-0.25, -0.2) is 12.8 Å². The number of carbonyl (C=O) groups excluding carboxylic acids is 1. The number of halogens is 2. The highest BCUT2D eigenvalue weighted by Gasteiger charge is 2.24. The smallest absolute Gasteiger partial charge is 0.223 e. The number of nitrogens with one attached hydrogen (secondary N) is 2. The third-order valence-electron chi connectivity index (χ3n) is 4.05. The quantitative estimate of drug-likeness (QED) is 0.740. The fourth-order valence-corrected chi connectivity index (χ4v) is 4.21. The van der Waals surface area contributed by atoms with Crippen LogP contribution in [0, 0.1) is 17.7 Å². The van der Waals surface area contributed by atoms with Crippen molar-refractivity contribution in [1.29, 1.82) is 0 Å². The van der Waals surface area contributed by atoms with Gasteiger partial charge in [-0.05, 0) is 56.1 Å². The number of hydrogen-bond acceptors (Lipinski definition) is 4. The fraction of sp³-hybridized carbons (Fsp3) is 0.562. The van der Waals surface area contributed by atoms with Crippen molar-refractivity contribution < 1.29 is 17.6 Å². The van der Waals surface area contributed by atoms with Gasteiger partial charge in [0.25, 0.3) is 0 Å². The average molecular weight is 379 g/mol. The Kier molecular flexibility index (Phi) is 8.12. The summed E-state index contributed by atoms with van der Waals surface area (Å²) in [5, 5.41) is 6.11. The zero-order chi connectivity index (χ0) is 16.9. The molecule has 1 amide bonds. The molecule has 0 radical (unpaired) electrons. The molecule has 2 rings (SSSR count). The number of sulfone groups is 1. The van der Waals surface area contributed by atoms with Crippen LogP contribution in [-0.2, 0) is 14.6 Å². The lowest BCUT2D eigenvalue weighted by atomic mass is 9.99. The minimum absolute atomic E-state index is 0. The van der Waals surface area contributed by atoms with Crippen molar-refractivity contribution in [2.75, 3.05) is 25.4 Å². The first-order valence-electron chi connectivity index (χ1n) is 7.85. The Bertz CT molecular complexity index is 631. The van der Waals surface area contributed by atoms with Crippen LogP contribution in [-0.4, -0.2) is 39.7 Å². The van der Waals surface area contributed by atoms with E-state index in [1.165, 1.54) is 12.1 Å². The van der Waals surface area contributed by atoms with Crippen molar-refractivity contribution in [3.8, 4) is 0 Å². The summed E-state index contributed by atoms with van der Waals surface area (Å²) in [5.74, 6) is -1.29. The van der Waals surface area contributed by atoms with Gasteiger partial charge in [-0.3, -0.25) is 4.79 Å². The second-order valence-corrected chi connectivity index (χ2v) is 8.13. The number of rotatable bonds is 6. The molecular formula is C16H24ClFN2O3S. The van der Waals surface area contributed by atoms with Gasteiger partial charge >= 0.3 is 0 Å². The molecule has 24 heavy (non-hydrogen) atoms. The van der Waals surface area contributed by atoms with Gasteiger partial charge in [0.2, 0.25) is 5.91 Å². The van der Waals surface area contributed by atoms with Gasteiger partial charge in [-0.15, -0.1) is 12.4 Å². The van der Waals surface area contributed by atoms with E-state index in [9.17, 15) is 17.6 Å². The molecule has 0 aliphatic carbocycles. The molecule has 8 heteroatoms. The summed E-state index contributed by atoms with van der Waals surface area (Å²) >= 11 is 0. The van der Waals surface area contributed by atoms with Crippen LogP contribution < -0.4 is 10.6 Å². The highest BCUT2D eigenvalue weighted by molar-refractivity contribution is 7.91. The van der Waals surface area contributed by atoms with E-state index >= 15 is 0 Å². The van der Waals surface area contributed by atoms with Crippen LogP contribution in [0.25, 0.3) is 0 Å². The van der Waals surface area contributed by atoms with Gasteiger partial charge < -0.3 is 10.6 Å². The second-order valence-electron chi connectivity index (χ2n) is 6.09. The molecule has 1 fully saturated rings. The Labute approximate surface area is 148 Å². The molecule has 1 aromatic rings. The normalized spacial score (nSPS) is 19.2. The van der Waals surface area contributed by atoms with Crippen LogP contribution in [0.2, 0.25) is 0 Å². The van der Waals surface area contributed by atoms with Gasteiger partial charge in [0.15, 0.2) is 9.84 Å². The minimum atomic E-state index is -3.60. The summed E-state index contributed by atoms with van der Waals surface area (Å²) in [6.45, 7) is 4.04. The molecule has 1 heterocycles. The monoisotopic (exact) mass is 378 g/mol. The third-order valence-corrected chi connectivity index (χ3v) is 5.98. The maximum Gasteiger partial charge on any atom is 0.223 e. The maximum absolute atomic E-state index is 12.9. The van der Waals surface area contributed by atoms with Crippen molar-refractivity contribution in [2.45, 2.75) is 24.7 Å². The highest BCUT2D eigenvalue weighted by atomic mass is 35.5. The number of piperidine rings is 1. The van der Waals surface area contributed by atoms with Gasteiger partial charge in [0.1, 0.15) is 5.82 Å².